The number of rotatable bonds is 7. The van der Waals surface area contributed by atoms with Gasteiger partial charge in [-0.05, 0) is 24.3 Å². The molecule has 20 heavy (non-hydrogen) atoms. The zero-order valence-electron chi connectivity index (χ0n) is 11.5. The van der Waals surface area contributed by atoms with Crippen LogP contribution in [-0.2, 0) is 0 Å². The molecule has 4 nitrogen and oxygen atoms in total. The van der Waals surface area contributed by atoms with Crippen LogP contribution in [0.4, 0.5) is 5.69 Å². The summed E-state index contributed by atoms with van der Waals surface area (Å²) < 4.78 is 16.3. The van der Waals surface area contributed by atoms with Crippen LogP contribution in [0.5, 0.6) is 17.2 Å². The Hall–Kier alpha value is -2.36. The molecule has 4 heteroatoms. The molecule has 0 amide bonds. The minimum Gasteiger partial charge on any atom is -0.495 e. The molecule has 0 saturated heterocycles. The van der Waals surface area contributed by atoms with Crippen molar-refractivity contribution in [2.24, 2.45) is 0 Å². The van der Waals surface area contributed by atoms with Crippen LogP contribution in [0.15, 0.2) is 48.5 Å². The molecule has 2 aromatic carbocycles. The Morgan fingerprint density at radius 3 is 2.25 bits per heavy atom. The number of anilines is 1. The zero-order valence-corrected chi connectivity index (χ0v) is 11.5. The molecular weight excluding hydrogens is 254 g/mol. The normalized spacial score (nSPS) is 10.1. The van der Waals surface area contributed by atoms with Crippen LogP contribution in [-0.4, -0.2) is 20.3 Å². The van der Waals surface area contributed by atoms with Gasteiger partial charge in [0.15, 0.2) is 0 Å². The molecule has 0 atom stereocenters. The average molecular weight is 273 g/mol. The van der Waals surface area contributed by atoms with Crippen molar-refractivity contribution in [3.63, 3.8) is 0 Å². The van der Waals surface area contributed by atoms with Crippen LogP contribution in [0, 0.1) is 0 Å². The summed E-state index contributed by atoms with van der Waals surface area (Å²) >= 11 is 0. The highest BCUT2D eigenvalue weighted by molar-refractivity contribution is 5.56. The van der Waals surface area contributed by atoms with E-state index in [9.17, 15) is 0 Å². The number of hydrogen-bond donors (Lipinski definition) is 1. The van der Waals surface area contributed by atoms with Gasteiger partial charge in [-0.3, -0.25) is 0 Å². The lowest BCUT2D eigenvalue weighted by Gasteiger charge is -2.10. The van der Waals surface area contributed by atoms with Crippen LogP contribution < -0.4 is 19.9 Å². The van der Waals surface area contributed by atoms with E-state index in [1.165, 1.54) is 0 Å². The molecule has 0 saturated carbocycles. The fourth-order valence-electron chi connectivity index (χ4n) is 1.76. The zero-order chi connectivity index (χ0) is 14.2. The van der Waals surface area contributed by atoms with E-state index in [-0.39, 0.29) is 0 Å². The van der Waals surface area contributed by atoms with Gasteiger partial charge in [0.05, 0.1) is 26.0 Å². The Bertz CT molecular complexity index is 529. The molecule has 0 aliphatic rings. The fourth-order valence-corrected chi connectivity index (χ4v) is 1.76. The third-order valence-electron chi connectivity index (χ3n) is 2.77. The van der Waals surface area contributed by atoms with Crippen LogP contribution in [0.25, 0.3) is 0 Å². The molecule has 0 spiro atoms. The molecule has 0 radical (unpaired) electrons. The van der Waals surface area contributed by atoms with Crippen LogP contribution in [0.1, 0.15) is 6.42 Å². The van der Waals surface area contributed by atoms with Gasteiger partial charge in [0.2, 0.25) is 0 Å². The molecule has 0 aromatic heterocycles. The third kappa shape index (κ3) is 4.09. The molecule has 2 aromatic rings. The Morgan fingerprint density at radius 2 is 1.60 bits per heavy atom. The first kappa shape index (κ1) is 14.1. The van der Waals surface area contributed by atoms with Crippen molar-refractivity contribution < 1.29 is 14.2 Å². The Balaban J connectivity index is 1.69. The molecule has 2 N–H and O–H groups in total. The largest absolute Gasteiger partial charge is 0.495 e. The predicted octanol–water partition coefficient (Wildman–Crippen LogP) is 3.13. The van der Waals surface area contributed by atoms with Crippen molar-refractivity contribution in [1.29, 1.82) is 0 Å². The van der Waals surface area contributed by atoms with Crippen molar-refractivity contribution >= 4 is 5.69 Å². The summed E-state index contributed by atoms with van der Waals surface area (Å²) in [6.07, 6.45) is 0.806. The second-order valence-corrected chi connectivity index (χ2v) is 4.27. The molecule has 106 valence electrons. The first-order chi connectivity index (χ1) is 9.79. The Labute approximate surface area is 119 Å². The third-order valence-corrected chi connectivity index (χ3v) is 2.77. The smallest absolute Gasteiger partial charge is 0.142 e. The quantitative estimate of drug-likeness (QED) is 0.622. The molecule has 0 aliphatic carbocycles. The fraction of sp³-hybridized carbons (Fsp3) is 0.250. The minimum atomic E-state index is 0.575. The molecular formula is C16H19NO3. The Kier molecular flexibility index (Phi) is 5.12. The highest BCUT2D eigenvalue weighted by Crippen LogP contribution is 2.25. The maximum atomic E-state index is 5.81. The van der Waals surface area contributed by atoms with E-state index in [1.807, 2.05) is 36.4 Å². The molecule has 0 unspecified atom stereocenters. The highest BCUT2D eigenvalue weighted by Gasteiger charge is 2.01. The first-order valence-corrected chi connectivity index (χ1v) is 6.54. The lowest BCUT2D eigenvalue weighted by Crippen LogP contribution is -2.05. The van der Waals surface area contributed by atoms with Crippen molar-refractivity contribution in [2.75, 3.05) is 26.1 Å². The summed E-state index contributed by atoms with van der Waals surface area (Å²) in [6, 6.07) is 15.1. The number of para-hydroxylation sites is 1. The summed E-state index contributed by atoms with van der Waals surface area (Å²) in [5.41, 5.74) is 6.38. The molecule has 0 fully saturated rings. The standard InChI is InChI=1S/C16H19NO3/c1-18-16-9-8-14(12-15(16)17)20-11-5-10-19-13-6-3-2-4-7-13/h2-4,6-9,12H,5,10-11,17H2,1H3. The second kappa shape index (κ2) is 7.28. The van der Waals surface area contributed by atoms with E-state index in [0.717, 1.165) is 17.9 Å². The number of hydrogen-bond acceptors (Lipinski definition) is 4. The highest BCUT2D eigenvalue weighted by atomic mass is 16.5. The van der Waals surface area contributed by atoms with E-state index in [1.54, 1.807) is 19.2 Å². The maximum Gasteiger partial charge on any atom is 0.142 e. The van der Waals surface area contributed by atoms with E-state index in [4.69, 9.17) is 19.9 Å². The number of nitrogen functional groups attached to an aromatic ring is 1. The number of methoxy groups -OCH3 is 1. The topological polar surface area (TPSA) is 53.7 Å². The molecule has 2 rings (SSSR count). The summed E-state index contributed by atoms with van der Waals surface area (Å²) in [6.45, 7) is 1.20. The van der Waals surface area contributed by atoms with Gasteiger partial charge in [-0.1, -0.05) is 18.2 Å². The average Bonchev–Trinajstić information content (AvgIpc) is 2.48. The SMILES string of the molecule is COc1ccc(OCCCOc2ccccc2)cc1N. The monoisotopic (exact) mass is 273 g/mol. The van der Waals surface area contributed by atoms with Gasteiger partial charge in [0, 0.05) is 12.5 Å². The molecule has 0 aliphatic heterocycles. The summed E-state index contributed by atoms with van der Waals surface area (Å²) in [7, 11) is 1.59. The maximum absolute atomic E-state index is 5.81. The van der Waals surface area contributed by atoms with E-state index >= 15 is 0 Å². The van der Waals surface area contributed by atoms with Gasteiger partial charge in [0.1, 0.15) is 17.2 Å². The van der Waals surface area contributed by atoms with Gasteiger partial charge >= 0.3 is 0 Å². The number of nitrogens with two attached hydrogens (primary N) is 1. The minimum absolute atomic E-state index is 0.575. The van der Waals surface area contributed by atoms with E-state index in [0.29, 0.717) is 24.7 Å². The van der Waals surface area contributed by atoms with Gasteiger partial charge < -0.3 is 19.9 Å². The van der Waals surface area contributed by atoms with Gasteiger partial charge in [0.25, 0.3) is 0 Å². The lowest BCUT2D eigenvalue weighted by molar-refractivity contribution is 0.247. The lowest BCUT2D eigenvalue weighted by atomic mass is 10.3. The van der Waals surface area contributed by atoms with Crippen LogP contribution in [0.3, 0.4) is 0 Å². The van der Waals surface area contributed by atoms with Crippen LogP contribution in [0.2, 0.25) is 0 Å². The van der Waals surface area contributed by atoms with Crippen molar-refractivity contribution in [1.82, 2.24) is 0 Å². The van der Waals surface area contributed by atoms with Crippen molar-refractivity contribution in [2.45, 2.75) is 6.42 Å². The Morgan fingerprint density at radius 1 is 0.900 bits per heavy atom. The van der Waals surface area contributed by atoms with Crippen molar-refractivity contribution in [3.8, 4) is 17.2 Å². The van der Waals surface area contributed by atoms with Crippen molar-refractivity contribution in [3.05, 3.63) is 48.5 Å². The molecule has 0 bridgehead atoms. The predicted molar refractivity (Wildman–Crippen MR) is 79.5 cm³/mol. The summed E-state index contributed by atoms with van der Waals surface area (Å²) in [5, 5.41) is 0. The van der Waals surface area contributed by atoms with Gasteiger partial charge in [-0.25, -0.2) is 0 Å². The van der Waals surface area contributed by atoms with Gasteiger partial charge in [-0.15, -0.1) is 0 Å². The molecule has 0 heterocycles. The van der Waals surface area contributed by atoms with E-state index < -0.39 is 0 Å². The summed E-state index contributed by atoms with van der Waals surface area (Å²) in [5.74, 6) is 2.27. The number of ether oxygens (including phenoxy) is 3. The van der Waals surface area contributed by atoms with Crippen LogP contribution >= 0.6 is 0 Å². The second-order valence-electron chi connectivity index (χ2n) is 4.27. The van der Waals surface area contributed by atoms with E-state index in [2.05, 4.69) is 0 Å². The first-order valence-electron chi connectivity index (χ1n) is 6.54. The summed E-state index contributed by atoms with van der Waals surface area (Å²) in [4.78, 5) is 0. The van der Waals surface area contributed by atoms with Gasteiger partial charge in [-0.2, -0.15) is 0 Å². The number of benzene rings is 2.